The first kappa shape index (κ1) is 36.4. The number of halogens is 1. The van der Waals surface area contributed by atoms with E-state index in [-0.39, 0.29) is 25.1 Å². The van der Waals surface area contributed by atoms with Crippen LogP contribution in [0.5, 0.6) is 5.75 Å². The average Bonchev–Trinajstić information content (AvgIpc) is 2.94. The van der Waals surface area contributed by atoms with Crippen molar-refractivity contribution in [1.29, 1.82) is 0 Å². The molecule has 232 valence electrons. The Morgan fingerprint density at radius 2 is 1.67 bits per heavy atom. The fraction of sp³-hybridized carbons (Fsp3) is 0.516. The van der Waals surface area contributed by atoms with Gasteiger partial charge < -0.3 is 29.6 Å². The van der Waals surface area contributed by atoms with Crippen LogP contribution < -0.4 is 10.1 Å². The minimum absolute atomic E-state index is 0.0771. The lowest BCUT2D eigenvalue weighted by Gasteiger charge is -2.54. The highest BCUT2D eigenvalue weighted by molar-refractivity contribution is 6.54. The fourth-order valence-electron chi connectivity index (χ4n) is 5.88. The maximum absolute atomic E-state index is 15.8. The van der Waals surface area contributed by atoms with Gasteiger partial charge in [0.15, 0.2) is 0 Å². The third-order valence-corrected chi connectivity index (χ3v) is 7.98. The zero-order valence-electron chi connectivity index (χ0n) is 26.7. The second kappa shape index (κ2) is 13.3. The largest absolute Gasteiger partial charge is 0.488 e. The highest BCUT2D eigenvalue weighted by Crippen LogP contribution is 2.40. The van der Waals surface area contributed by atoms with E-state index in [1.165, 1.54) is 7.05 Å². The van der Waals surface area contributed by atoms with Crippen LogP contribution in [0.25, 0.3) is 0 Å². The number of ether oxygens (including phenoxy) is 2. The van der Waals surface area contributed by atoms with Crippen LogP contribution in [0.2, 0.25) is 5.21 Å². The summed E-state index contributed by atoms with van der Waals surface area (Å²) in [7, 11) is 24.8. The molecule has 2 aromatic rings. The van der Waals surface area contributed by atoms with E-state index in [4.69, 9.17) is 40.9 Å². The summed E-state index contributed by atoms with van der Waals surface area (Å²) in [5, 5.41) is 10.6. The SMILES string of the molecule is [B]C([B])(C=O)C([B])(O)C([B])(C(=O)NC)N(C=O)Cc1c(C)cccc1OCc1cccc(CN2CC(C)(C)OC(C)(C)C2)c1F. The summed E-state index contributed by atoms with van der Waals surface area (Å²) < 4.78 is 28.0. The lowest BCUT2D eigenvalue weighted by atomic mass is 9.34. The molecule has 14 heteroatoms. The van der Waals surface area contributed by atoms with Crippen molar-refractivity contribution in [3.8, 4) is 5.75 Å². The molecule has 45 heavy (non-hydrogen) atoms. The predicted molar refractivity (Wildman–Crippen MR) is 172 cm³/mol. The van der Waals surface area contributed by atoms with Crippen LogP contribution in [0, 0.1) is 12.7 Å². The summed E-state index contributed by atoms with van der Waals surface area (Å²) in [6, 6.07) is 10.1. The van der Waals surface area contributed by atoms with Crippen LogP contribution in [-0.4, -0.2) is 107 Å². The van der Waals surface area contributed by atoms with E-state index in [1.54, 1.807) is 43.3 Å². The molecule has 3 rings (SSSR count). The molecule has 1 aliphatic rings. The number of aldehydes is 1. The molecule has 1 fully saturated rings. The van der Waals surface area contributed by atoms with Crippen molar-refractivity contribution in [3.05, 3.63) is 64.5 Å². The molecule has 0 spiro atoms. The minimum atomic E-state index is -3.14. The van der Waals surface area contributed by atoms with Crippen molar-refractivity contribution >= 4 is 50.0 Å². The number of hydrogen-bond acceptors (Lipinski definition) is 7. The van der Waals surface area contributed by atoms with E-state index in [0.29, 0.717) is 46.8 Å². The zero-order chi connectivity index (χ0) is 34.0. The molecule has 1 heterocycles. The topological polar surface area (TPSA) is 108 Å². The number of carbonyl (C=O) groups excluding carboxylic acids is 3. The number of nitrogens with zero attached hydrogens (tertiary/aromatic N) is 2. The van der Waals surface area contributed by atoms with Crippen LogP contribution in [0.4, 0.5) is 4.39 Å². The Morgan fingerprint density at radius 3 is 2.22 bits per heavy atom. The molecule has 2 atom stereocenters. The summed E-state index contributed by atoms with van der Waals surface area (Å²) in [6.07, 6.45) is 0.0911. The Bertz CT molecular complexity index is 1410. The van der Waals surface area contributed by atoms with E-state index < -0.39 is 45.6 Å². The molecule has 2 aromatic carbocycles. The quantitative estimate of drug-likeness (QED) is 0.259. The van der Waals surface area contributed by atoms with Gasteiger partial charge in [0.05, 0.1) is 32.3 Å². The first-order chi connectivity index (χ1) is 20.7. The molecule has 0 aliphatic carbocycles. The van der Waals surface area contributed by atoms with Gasteiger partial charge in [0.2, 0.25) is 12.3 Å². The van der Waals surface area contributed by atoms with Gasteiger partial charge >= 0.3 is 0 Å². The molecule has 0 saturated carbocycles. The van der Waals surface area contributed by atoms with Gasteiger partial charge in [-0.2, -0.15) is 0 Å². The number of likely N-dealkylation sites (N-methyl/N-ethyl adjacent to an activating group) is 1. The van der Waals surface area contributed by atoms with Gasteiger partial charge in [-0.05, 0) is 51.5 Å². The molecule has 2 N–H and O–H groups in total. The standard InChI is InChI=1S/C31H38B4FN3O6/c1-20-9-7-12-24(23(20)14-39(19-41)30(34,26(42)37-6)31(35,43)29(32,33)18-40)44-15-22-11-8-10-21(25(22)36)13-38-16-27(2,3)45-28(4,5)17-38/h7-12,18-19,43H,13-17H2,1-6H3,(H,37,42). The van der Waals surface area contributed by atoms with Crippen LogP contribution >= 0.6 is 0 Å². The second-order valence-corrected chi connectivity index (χ2v) is 12.9. The number of hydrogen-bond donors (Lipinski definition) is 2. The van der Waals surface area contributed by atoms with Gasteiger partial charge in [-0.25, -0.2) is 4.39 Å². The van der Waals surface area contributed by atoms with Crippen molar-refractivity contribution in [1.82, 2.24) is 15.1 Å². The lowest BCUT2D eigenvalue weighted by molar-refractivity contribution is -0.182. The van der Waals surface area contributed by atoms with Crippen LogP contribution in [-0.2, 0) is 38.8 Å². The summed E-state index contributed by atoms with van der Waals surface area (Å²) in [5.74, 6) is -1.32. The molecule has 2 unspecified atom stereocenters. The maximum atomic E-state index is 15.8. The minimum Gasteiger partial charge on any atom is -0.488 e. The van der Waals surface area contributed by atoms with Crippen LogP contribution in [0.15, 0.2) is 36.4 Å². The third kappa shape index (κ3) is 7.50. The number of morpholine rings is 1. The highest BCUT2D eigenvalue weighted by Gasteiger charge is 2.58. The van der Waals surface area contributed by atoms with Crippen LogP contribution in [0.1, 0.15) is 49.9 Å². The fourth-order valence-corrected chi connectivity index (χ4v) is 5.88. The maximum Gasteiger partial charge on any atom is 0.238 e. The molecular formula is C31H38B4FN3O6. The number of nitrogens with one attached hydrogen (secondary N) is 1. The monoisotopic (exact) mass is 611 g/mol. The summed E-state index contributed by atoms with van der Waals surface area (Å²) >= 11 is 0. The molecule has 8 radical (unpaired) electrons. The van der Waals surface area contributed by atoms with E-state index in [0.717, 1.165) is 0 Å². The van der Waals surface area contributed by atoms with Crippen molar-refractivity contribution < 1.29 is 33.4 Å². The summed E-state index contributed by atoms with van der Waals surface area (Å²) in [5.41, 5.74) is -4.97. The van der Waals surface area contributed by atoms with E-state index in [2.05, 4.69) is 10.2 Å². The van der Waals surface area contributed by atoms with Gasteiger partial charge in [-0.15, -0.1) is 0 Å². The van der Waals surface area contributed by atoms with Gasteiger partial charge in [0, 0.05) is 55.4 Å². The van der Waals surface area contributed by atoms with E-state index in [9.17, 15) is 19.5 Å². The number of amides is 2. The lowest BCUT2D eigenvalue weighted by Crippen LogP contribution is -2.75. The number of benzene rings is 2. The normalized spacial score (nSPS) is 19.0. The number of aliphatic hydroxyl groups is 1. The molecule has 1 saturated heterocycles. The molecule has 0 aromatic heterocycles. The van der Waals surface area contributed by atoms with E-state index >= 15 is 4.39 Å². The first-order valence-corrected chi connectivity index (χ1v) is 14.4. The molecule has 0 bridgehead atoms. The Labute approximate surface area is 270 Å². The molecule has 2 amide bonds. The Kier molecular flexibility index (Phi) is 10.8. The number of rotatable bonds is 13. The van der Waals surface area contributed by atoms with E-state index in [1.807, 2.05) is 27.7 Å². The van der Waals surface area contributed by atoms with Crippen LogP contribution in [0.3, 0.4) is 0 Å². The highest BCUT2D eigenvalue weighted by atomic mass is 19.1. The van der Waals surface area contributed by atoms with Crippen molar-refractivity contribution in [2.45, 2.75) is 81.7 Å². The van der Waals surface area contributed by atoms with Crippen molar-refractivity contribution in [3.63, 3.8) is 0 Å². The molecular weight excluding hydrogens is 573 g/mol. The Morgan fingerprint density at radius 1 is 1.09 bits per heavy atom. The molecule has 9 nitrogen and oxygen atoms in total. The Balaban J connectivity index is 1.91. The summed E-state index contributed by atoms with van der Waals surface area (Å²) in [6.45, 7) is 10.8. The molecule has 1 aliphatic heterocycles. The van der Waals surface area contributed by atoms with Gasteiger partial charge in [0.1, 0.15) is 40.2 Å². The van der Waals surface area contributed by atoms with Gasteiger partial charge in [-0.3, -0.25) is 14.5 Å². The Hall–Kier alpha value is -3.08. The predicted octanol–water partition coefficient (Wildman–Crippen LogP) is 1.18. The smallest absolute Gasteiger partial charge is 0.238 e. The number of aryl methyl sites for hydroxylation is 1. The second-order valence-electron chi connectivity index (χ2n) is 12.9. The summed E-state index contributed by atoms with van der Waals surface area (Å²) in [4.78, 5) is 39.8. The zero-order valence-corrected chi connectivity index (χ0v) is 26.7. The van der Waals surface area contributed by atoms with Gasteiger partial charge in [0.25, 0.3) is 0 Å². The number of carbonyl (C=O) groups is 3. The van der Waals surface area contributed by atoms with Gasteiger partial charge in [-0.1, -0.05) is 30.3 Å². The first-order valence-electron chi connectivity index (χ1n) is 14.4. The van der Waals surface area contributed by atoms with Crippen molar-refractivity contribution in [2.75, 3.05) is 20.1 Å². The average molecular weight is 611 g/mol. The third-order valence-electron chi connectivity index (χ3n) is 7.98. The van der Waals surface area contributed by atoms with Crippen molar-refractivity contribution in [2.24, 2.45) is 0 Å².